The van der Waals surface area contributed by atoms with E-state index in [1.165, 1.54) is 5.57 Å². The second-order valence-electron chi connectivity index (χ2n) is 11.2. The van der Waals surface area contributed by atoms with Crippen LogP contribution in [0.3, 0.4) is 0 Å². The van der Waals surface area contributed by atoms with Crippen molar-refractivity contribution in [1.29, 1.82) is 0 Å². The summed E-state index contributed by atoms with van der Waals surface area (Å²) in [5.74, 6) is 0.418. The van der Waals surface area contributed by atoms with Crippen molar-refractivity contribution in [3.8, 4) is 0 Å². The molecule has 0 atom stereocenters. The number of allylic oxidation sites excluding steroid dienone is 2. The van der Waals surface area contributed by atoms with Gasteiger partial charge in [0.25, 0.3) is 0 Å². The molecule has 2 aliphatic rings. The lowest BCUT2D eigenvalue weighted by atomic mass is 9.74. The van der Waals surface area contributed by atoms with E-state index in [9.17, 15) is 9.90 Å². The summed E-state index contributed by atoms with van der Waals surface area (Å²) in [5, 5.41) is 11.6. The third-order valence-corrected chi connectivity index (χ3v) is 7.80. The Labute approximate surface area is 198 Å². The lowest BCUT2D eigenvalue weighted by molar-refractivity contribution is -0.0190. The Hall–Kier alpha value is -2.24. The zero-order chi connectivity index (χ0) is 23.8. The highest BCUT2D eigenvalue weighted by atomic mass is 16.3. The van der Waals surface area contributed by atoms with Crippen molar-refractivity contribution >= 4 is 11.4 Å². The molecule has 33 heavy (non-hydrogen) atoms. The van der Waals surface area contributed by atoms with Crippen LogP contribution in [-0.2, 0) is 12.0 Å². The molecule has 0 saturated heterocycles. The van der Waals surface area contributed by atoms with Crippen LogP contribution >= 0.6 is 0 Å². The molecule has 2 aromatic rings. The topological polar surface area (TPSA) is 69.2 Å². The first-order chi connectivity index (χ1) is 15.6. The van der Waals surface area contributed by atoms with Crippen molar-refractivity contribution in [1.82, 2.24) is 14.9 Å². The van der Waals surface area contributed by atoms with Crippen LogP contribution in [0.4, 0.5) is 0 Å². The van der Waals surface area contributed by atoms with Crippen LogP contribution in [0.5, 0.6) is 0 Å². The van der Waals surface area contributed by atoms with Crippen molar-refractivity contribution in [2.75, 3.05) is 14.1 Å². The Bertz CT molecular complexity index is 1040. The molecule has 4 rings (SSSR count). The zero-order valence-corrected chi connectivity index (χ0v) is 20.9. The highest BCUT2D eigenvalue weighted by Crippen LogP contribution is 2.42. The first kappa shape index (κ1) is 23.9. The molecule has 5 nitrogen and oxygen atoms in total. The van der Waals surface area contributed by atoms with E-state index in [4.69, 9.17) is 0 Å². The SMILES string of the molecule is Cc1cnc(C(=O)Cc2ccc(C3(O)CCC(N(C)C)CC3)cc2C2=CCC(C)(C)CC2)[nH]1. The van der Waals surface area contributed by atoms with Gasteiger partial charge >= 0.3 is 0 Å². The van der Waals surface area contributed by atoms with Gasteiger partial charge in [0.2, 0.25) is 5.78 Å². The van der Waals surface area contributed by atoms with Crippen LogP contribution in [0.15, 0.2) is 30.5 Å². The standard InChI is InChI=1S/C28H39N3O2/c1-19-18-29-26(30-19)25(32)16-21-6-7-22(28(33)14-10-23(11-15-28)31(4)5)17-24(21)20-8-12-27(2,3)13-9-20/h6-8,17-18,23,33H,9-16H2,1-5H3,(H,29,30). The number of carbonyl (C=O) groups is 1. The van der Waals surface area contributed by atoms with E-state index in [0.29, 0.717) is 23.7 Å². The van der Waals surface area contributed by atoms with E-state index in [1.54, 1.807) is 6.20 Å². The number of hydrogen-bond donors (Lipinski definition) is 2. The number of nitrogens with one attached hydrogen (secondary N) is 1. The molecule has 178 valence electrons. The summed E-state index contributed by atoms with van der Waals surface area (Å²) in [4.78, 5) is 22.5. The number of aryl methyl sites for hydroxylation is 1. The molecule has 1 aromatic carbocycles. The number of aromatic nitrogens is 2. The number of aliphatic hydroxyl groups is 1. The Kier molecular flexibility index (Phi) is 6.66. The van der Waals surface area contributed by atoms with E-state index in [0.717, 1.165) is 67.3 Å². The smallest absolute Gasteiger partial charge is 0.202 e. The fourth-order valence-electron chi connectivity index (χ4n) is 5.34. The molecule has 0 spiro atoms. The number of rotatable bonds is 6. The minimum absolute atomic E-state index is 0.000887. The summed E-state index contributed by atoms with van der Waals surface area (Å²) >= 11 is 0. The van der Waals surface area contributed by atoms with Gasteiger partial charge in [-0.1, -0.05) is 32.1 Å². The van der Waals surface area contributed by atoms with Crippen LogP contribution in [0.1, 0.15) is 91.8 Å². The minimum atomic E-state index is -0.795. The molecule has 0 aliphatic heterocycles. The summed E-state index contributed by atoms with van der Waals surface area (Å²) in [5.41, 5.74) is 4.85. The van der Waals surface area contributed by atoms with Crippen molar-refractivity contribution in [2.24, 2.45) is 5.41 Å². The molecule has 1 fully saturated rings. The minimum Gasteiger partial charge on any atom is -0.385 e. The number of Topliss-reactive ketones (excluding diaryl/α,β-unsaturated/α-hetero) is 1. The van der Waals surface area contributed by atoms with Crippen molar-refractivity contribution in [3.05, 3.63) is 58.7 Å². The van der Waals surface area contributed by atoms with Gasteiger partial charge in [-0.3, -0.25) is 4.79 Å². The number of aromatic amines is 1. The Morgan fingerprint density at radius 1 is 1.21 bits per heavy atom. The van der Waals surface area contributed by atoms with Crippen molar-refractivity contribution in [3.63, 3.8) is 0 Å². The third kappa shape index (κ3) is 5.30. The Morgan fingerprint density at radius 3 is 2.52 bits per heavy atom. The quantitative estimate of drug-likeness (QED) is 0.577. The van der Waals surface area contributed by atoms with Crippen LogP contribution in [0.25, 0.3) is 5.57 Å². The van der Waals surface area contributed by atoms with Gasteiger partial charge in [0, 0.05) is 24.4 Å². The number of ketones is 1. The summed E-state index contributed by atoms with van der Waals surface area (Å²) in [6, 6.07) is 6.81. The number of nitrogens with zero attached hydrogens (tertiary/aromatic N) is 2. The molecular formula is C28H39N3O2. The maximum Gasteiger partial charge on any atom is 0.202 e. The number of benzene rings is 1. The maximum absolute atomic E-state index is 12.9. The van der Waals surface area contributed by atoms with E-state index in [2.05, 4.69) is 61.0 Å². The van der Waals surface area contributed by atoms with Gasteiger partial charge in [-0.25, -0.2) is 4.98 Å². The van der Waals surface area contributed by atoms with Crippen molar-refractivity contribution < 1.29 is 9.90 Å². The maximum atomic E-state index is 12.9. The lowest BCUT2D eigenvalue weighted by Gasteiger charge is -2.39. The fraction of sp³-hybridized carbons (Fsp3) is 0.571. The van der Waals surface area contributed by atoms with Gasteiger partial charge in [-0.05, 0) is 99.7 Å². The molecule has 0 bridgehead atoms. The monoisotopic (exact) mass is 449 g/mol. The van der Waals surface area contributed by atoms with Crippen LogP contribution in [-0.4, -0.2) is 45.9 Å². The average Bonchev–Trinajstić information content (AvgIpc) is 3.21. The molecule has 2 aliphatic carbocycles. The summed E-state index contributed by atoms with van der Waals surface area (Å²) in [7, 11) is 4.24. The first-order valence-electron chi connectivity index (χ1n) is 12.3. The molecule has 1 saturated carbocycles. The first-order valence-corrected chi connectivity index (χ1v) is 12.3. The molecule has 1 aromatic heterocycles. The number of H-pyrrole nitrogens is 1. The van der Waals surface area contributed by atoms with Gasteiger partial charge in [-0.2, -0.15) is 0 Å². The van der Waals surface area contributed by atoms with Gasteiger partial charge < -0.3 is 15.0 Å². The van der Waals surface area contributed by atoms with Gasteiger partial charge in [0.1, 0.15) is 0 Å². The molecular weight excluding hydrogens is 410 g/mol. The normalized spacial score (nSPS) is 25.2. The molecule has 0 amide bonds. The van der Waals surface area contributed by atoms with Crippen LogP contribution in [0, 0.1) is 12.3 Å². The van der Waals surface area contributed by atoms with E-state index in [1.807, 2.05) is 13.0 Å². The van der Waals surface area contributed by atoms with Gasteiger partial charge in [-0.15, -0.1) is 0 Å². The van der Waals surface area contributed by atoms with E-state index < -0.39 is 5.60 Å². The number of imidazole rings is 1. The van der Waals surface area contributed by atoms with Crippen LogP contribution in [0.2, 0.25) is 0 Å². The summed E-state index contributed by atoms with van der Waals surface area (Å²) in [6.07, 6.45) is 11.0. The molecule has 1 heterocycles. The summed E-state index contributed by atoms with van der Waals surface area (Å²) in [6.45, 7) is 6.53. The predicted octanol–water partition coefficient (Wildman–Crippen LogP) is 5.43. The van der Waals surface area contributed by atoms with E-state index >= 15 is 0 Å². The Balaban J connectivity index is 1.66. The average molecular weight is 450 g/mol. The van der Waals surface area contributed by atoms with Gasteiger partial charge in [0.05, 0.1) is 5.60 Å². The molecule has 0 unspecified atom stereocenters. The summed E-state index contributed by atoms with van der Waals surface area (Å²) < 4.78 is 0. The second kappa shape index (κ2) is 9.19. The van der Waals surface area contributed by atoms with Crippen molar-refractivity contribution in [2.45, 2.75) is 83.8 Å². The Morgan fingerprint density at radius 2 is 1.94 bits per heavy atom. The predicted molar refractivity (Wildman–Crippen MR) is 133 cm³/mol. The molecule has 5 heteroatoms. The largest absolute Gasteiger partial charge is 0.385 e. The molecule has 0 radical (unpaired) electrons. The second-order valence-corrected chi connectivity index (χ2v) is 11.2. The zero-order valence-electron chi connectivity index (χ0n) is 20.9. The van der Waals surface area contributed by atoms with E-state index in [-0.39, 0.29) is 5.78 Å². The lowest BCUT2D eigenvalue weighted by Crippen LogP contribution is -2.39. The van der Waals surface area contributed by atoms with Crippen LogP contribution < -0.4 is 0 Å². The highest BCUT2D eigenvalue weighted by molar-refractivity contribution is 5.95. The molecule has 2 N–H and O–H groups in total. The number of carbonyl (C=O) groups excluding carboxylic acids is 1. The number of hydrogen-bond acceptors (Lipinski definition) is 4. The third-order valence-electron chi connectivity index (χ3n) is 7.80. The van der Waals surface area contributed by atoms with Gasteiger partial charge in [0.15, 0.2) is 5.82 Å². The highest BCUT2D eigenvalue weighted by Gasteiger charge is 2.36. The fourth-order valence-corrected chi connectivity index (χ4v) is 5.34.